The molecule has 0 aliphatic heterocycles. The molecule has 2 amide bonds. The van der Waals surface area contributed by atoms with Crippen LogP contribution in [0.25, 0.3) is 0 Å². The standard InChI is InChI=1S/C23H29FN4O4S/c1-13(2)12-18(19(29)22-27-28-23(32-22)33-3)26-21(31)15-9-5-7-11-17(15)25-20(30)14-8-4-6-10-16(14)24/h4,6,8,10,13,15,17-18H,5,7,9,11-12H2,1-3H3,(H,25,30)(H,26,31)/t15-,17+,18+/m1/s1. The van der Waals surface area contributed by atoms with E-state index in [1.54, 1.807) is 12.3 Å². The normalized spacial score (nSPS) is 19.2. The zero-order valence-corrected chi connectivity index (χ0v) is 19.8. The SMILES string of the molecule is CSc1nnc(C(=O)[C@H](CC(C)C)NC(=O)[C@@H]2CCCC[C@@H]2NC(=O)c2ccccc2F)o1. The fraction of sp³-hybridized carbons (Fsp3) is 0.522. The van der Waals surface area contributed by atoms with Gasteiger partial charge in [0, 0.05) is 6.04 Å². The molecule has 0 spiro atoms. The fourth-order valence-electron chi connectivity index (χ4n) is 4.03. The van der Waals surface area contributed by atoms with Gasteiger partial charge in [0.1, 0.15) is 5.82 Å². The first-order valence-electron chi connectivity index (χ1n) is 11.1. The summed E-state index contributed by atoms with van der Waals surface area (Å²) in [5.41, 5.74) is -0.0592. The second-order valence-electron chi connectivity index (χ2n) is 8.58. The number of carbonyl (C=O) groups excluding carboxylic acids is 3. The Balaban J connectivity index is 1.73. The highest BCUT2D eigenvalue weighted by Gasteiger charge is 2.35. The average Bonchev–Trinajstić information content (AvgIpc) is 3.27. The molecule has 3 rings (SSSR count). The van der Waals surface area contributed by atoms with Gasteiger partial charge in [0.2, 0.25) is 11.7 Å². The van der Waals surface area contributed by atoms with E-state index < -0.39 is 35.5 Å². The molecule has 2 aromatic rings. The van der Waals surface area contributed by atoms with Gasteiger partial charge in [-0.1, -0.05) is 50.6 Å². The molecule has 1 aromatic carbocycles. The number of nitrogens with zero attached hydrogens (tertiary/aromatic N) is 2. The molecule has 1 aliphatic carbocycles. The number of carbonyl (C=O) groups is 3. The zero-order valence-electron chi connectivity index (χ0n) is 19.0. The van der Waals surface area contributed by atoms with Gasteiger partial charge in [0.15, 0.2) is 0 Å². The van der Waals surface area contributed by atoms with Gasteiger partial charge >= 0.3 is 0 Å². The molecule has 2 N–H and O–H groups in total. The molecule has 0 unspecified atom stereocenters. The monoisotopic (exact) mass is 476 g/mol. The summed E-state index contributed by atoms with van der Waals surface area (Å²) in [4.78, 5) is 38.8. The molecule has 10 heteroatoms. The van der Waals surface area contributed by atoms with Crippen LogP contribution in [0.15, 0.2) is 33.9 Å². The van der Waals surface area contributed by atoms with Crippen molar-refractivity contribution < 1.29 is 23.2 Å². The van der Waals surface area contributed by atoms with E-state index in [0.29, 0.717) is 19.3 Å². The second kappa shape index (κ2) is 11.4. The third-order valence-electron chi connectivity index (χ3n) is 5.67. The summed E-state index contributed by atoms with van der Waals surface area (Å²) in [5, 5.41) is 13.6. The lowest BCUT2D eigenvalue weighted by Gasteiger charge is -2.32. The number of hydrogen-bond donors (Lipinski definition) is 2. The molecule has 1 heterocycles. The van der Waals surface area contributed by atoms with Crippen molar-refractivity contribution in [2.45, 2.75) is 63.3 Å². The van der Waals surface area contributed by atoms with Crippen molar-refractivity contribution in [2.24, 2.45) is 11.8 Å². The van der Waals surface area contributed by atoms with Gasteiger partial charge < -0.3 is 15.1 Å². The van der Waals surface area contributed by atoms with Gasteiger partial charge in [0.05, 0.1) is 17.5 Å². The number of rotatable bonds is 9. The van der Waals surface area contributed by atoms with Crippen LogP contribution in [0.3, 0.4) is 0 Å². The minimum absolute atomic E-state index is 0.0592. The molecule has 3 atom stereocenters. The lowest BCUT2D eigenvalue weighted by atomic mass is 9.83. The van der Waals surface area contributed by atoms with Crippen LogP contribution in [0, 0.1) is 17.7 Å². The Labute approximate surface area is 196 Å². The first kappa shape index (κ1) is 24.9. The fourth-order valence-corrected chi connectivity index (χ4v) is 4.32. The number of benzene rings is 1. The van der Waals surface area contributed by atoms with Gasteiger partial charge in [-0.2, -0.15) is 0 Å². The highest BCUT2D eigenvalue weighted by molar-refractivity contribution is 7.98. The van der Waals surface area contributed by atoms with E-state index in [2.05, 4.69) is 20.8 Å². The molecule has 1 saturated carbocycles. The molecule has 1 aromatic heterocycles. The first-order valence-corrected chi connectivity index (χ1v) is 12.3. The number of aromatic nitrogens is 2. The molecule has 1 fully saturated rings. The van der Waals surface area contributed by atoms with E-state index in [4.69, 9.17) is 4.42 Å². The van der Waals surface area contributed by atoms with Crippen molar-refractivity contribution in [1.82, 2.24) is 20.8 Å². The largest absolute Gasteiger partial charge is 0.408 e. The van der Waals surface area contributed by atoms with Crippen molar-refractivity contribution in [3.63, 3.8) is 0 Å². The van der Waals surface area contributed by atoms with Gasteiger partial charge in [-0.25, -0.2) is 4.39 Å². The third kappa shape index (κ3) is 6.40. The lowest BCUT2D eigenvalue weighted by molar-refractivity contribution is -0.127. The molecule has 0 saturated heterocycles. The Kier molecular flexibility index (Phi) is 8.60. The van der Waals surface area contributed by atoms with Crippen LogP contribution < -0.4 is 10.6 Å². The van der Waals surface area contributed by atoms with Gasteiger partial charge in [0.25, 0.3) is 17.0 Å². The minimum atomic E-state index is -0.822. The quantitative estimate of drug-likeness (QED) is 0.420. The predicted octanol–water partition coefficient (Wildman–Crippen LogP) is 3.63. The number of nitrogens with one attached hydrogen (secondary N) is 2. The Hall–Kier alpha value is -2.75. The molecule has 0 radical (unpaired) electrons. The number of halogens is 1. The topological polar surface area (TPSA) is 114 Å². The highest BCUT2D eigenvalue weighted by Crippen LogP contribution is 2.26. The van der Waals surface area contributed by atoms with Gasteiger partial charge in [-0.3, -0.25) is 14.4 Å². The average molecular weight is 477 g/mol. The van der Waals surface area contributed by atoms with E-state index in [1.165, 1.54) is 30.0 Å². The molecular weight excluding hydrogens is 447 g/mol. The summed E-state index contributed by atoms with van der Waals surface area (Å²) in [6.45, 7) is 3.90. The maximum Gasteiger partial charge on any atom is 0.286 e. The number of hydrogen-bond acceptors (Lipinski definition) is 7. The Morgan fingerprint density at radius 1 is 1.18 bits per heavy atom. The molecule has 178 valence electrons. The maximum atomic E-state index is 14.0. The van der Waals surface area contributed by atoms with Crippen LogP contribution >= 0.6 is 11.8 Å². The van der Waals surface area contributed by atoms with Crippen LogP contribution in [0.2, 0.25) is 0 Å². The first-order chi connectivity index (χ1) is 15.8. The van der Waals surface area contributed by atoms with Crippen molar-refractivity contribution in [1.29, 1.82) is 0 Å². The lowest BCUT2D eigenvalue weighted by Crippen LogP contribution is -2.52. The molecule has 8 nitrogen and oxygen atoms in total. The molecular formula is C23H29FN4O4S. The van der Waals surface area contributed by atoms with E-state index in [1.807, 2.05) is 13.8 Å². The van der Waals surface area contributed by atoms with Crippen molar-refractivity contribution in [3.8, 4) is 0 Å². The molecule has 0 bridgehead atoms. The Morgan fingerprint density at radius 2 is 1.91 bits per heavy atom. The number of ketones is 1. The van der Waals surface area contributed by atoms with Crippen LogP contribution in [0.5, 0.6) is 0 Å². The van der Waals surface area contributed by atoms with E-state index in [0.717, 1.165) is 12.8 Å². The van der Waals surface area contributed by atoms with E-state index >= 15 is 0 Å². The van der Waals surface area contributed by atoms with Crippen molar-refractivity contribution in [2.75, 3.05) is 6.26 Å². The van der Waals surface area contributed by atoms with Crippen molar-refractivity contribution >= 4 is 29.4 Å². The van der Waals surface area contributed by atoms with Gasteiger partial charge in [-0.05, 0) is 43.6 Å². The summed E-state index contributed by atoms with van der Waals surface area (Å²) >= 11 is 1.23. The third-order valence-corrected chi connectivity index (χ3v) is 6.18. The Morgan fingerprint density at radius 3 is 2.58 bits per heavy atom. The maximum absolute atomic E-state index is 14.0. The van der Waals surface area contributed by atoms with Gasteiger partial charge in [-0.15, -0.1) is 10.2 Å². The zero-order chi connectivity index (χ0) is 24.0. The summed E-state index contributed by atoms with van der Waals surface area (Å²) in [7, 11) is 0. The van der Waals surface area contributed by atoms with Crippen LogP contribution in [-0.4, -0.2) is 46.1 Å². The molecule has 33 heavy (non-hydrogen) atoms. The summed E-state index contributed by atoms with van der Waals surface area (Å²) in [6.07, 6.45) is 5.00. The number of Topliss-reactive ketones (excluding diaryl/α,β-unsaturated/α-hetero) is 1. The van der Waals surface area contributed by atoms with Crippen molar-refractivity contribution in [3.05, 3.63) is 41.5 Å². The van der Waals surface area contributed by atoms with Crippen LogP contribution in [-0.2, 0) is 4.79 Å². The summed E-state index contributed by atoms with van der Waals surface area (Å²) in [6, 6.07) is 4.46. The van der Waals surface area contributed by atoms with Crippen LogP contribution in [0.1, 0.15) is 67.0 Å². The van der Waals surface area contributed by atoms with E-state index in [9.17, 15) is 18.8 Å². The van der Waals surface area contributed by atoms with Crippen LogP contribution in [0.4, 0.5) is 4.39 Å². The predicted molar refractivity (Wildman–Crippen MR) is 121 cm³/mol. The summed E-state index contributed by atoms with van der Waals surface area (Å²) < 4.78 is 19.4. The highest BCUT2D eigenvalue weighted by atomic mass is 32.2. The summed E-state index contributed by atoms with van der Waals surface area (Å²) in [5.74, 6) is -2.46. The van der Waals surface area contributed by atoms with E-state index in [-0.39, 0.29) is 28.5 Å². The minimum Gasteiger partial charge on any atom is -0.408 e. The smallest absolute Gasteiger partial charge is 0.286 e. The second-order valence-corrected chi connectivity index (χ2v) is 9.34. The number of amides is 2. The number of thioether (sulfide) groups is 1. The molecule has 1 aliphatic rings. The Bertz CT molecular complexity index is 996.